The predicted octanol–water partition coefficient (Wildman–Crippen LogP) is 1.38. The minimum absolute atomic E-state index is 0.123. The van der Waals surface area contributed by atoms with Crippen molar-refractivity contribution < 1.29 is 29.6 Å². The van der Waals surface area contributed by atoms with Gasteiger partial charge in [0.1, 0.15) is 6.61 Å². The SMILES string of the molecule is CC(=O)[C@@](O)(OCc1ccccc1)[C@](O)(CO)OCc1ccccc1. The van der Waals surface area contributed by atoms with Crippen molar-refractivity contribution in [1.82, 2.24) is 0 Å². The molecule has 2 aromatic rings. The Balaban J connectivity index is 2.16. The minimum atomic E-state index is -2.72. The lowest BCUT2D eigenvalue weighted by atomic mass is 10.0. The van der Waals surface area contributed by atoms with Crippen LogP contribution in [0.2, 0.25) is 0 Å². The molecule has 0 spiro atoms. The Labute approximate surface area is 146 Å². The van der Waals surface area contributed by atoms with E-state index in [0.717, 1.165) is 6.92 Å². The molecule has 0 aromatic heterocycles. The highest BCUT2D eigenvalue weighted by Gasteiger charge is 2.56. The molecule has 0 aliphatic carbocycles. The molecule has 6 nitrogen and oxygen atoms in total. The highest BCUT2D eigenvalue weighted by Crippen LogP contribution is 2.29. The molecular weight excluding hydrogens is 324 g/mol. The number of carbonyl (C=O) groups excluding carboxylic acids is 1. The van der Waals surface area contributed by atoms with Gasteiger partial charge in [0.2, 0.25) is 0 Å². The molecule has 2 rings (SSSR count). The van der Waals surface area contributed by atoms with Gasteiger partial charge in [0.25, 0.3) is 11.6 Å². The van der Waals surface area contributed by atoms with Crippen LogP contribution in [-0.4, -0.2) is 39.3 Å². The highest BCUT2D eigenvalue weighted by molar-refractivity contribution is 5.84. The number of ketones is 1. The number of ether oxygens (including phenoxy) is 2. The third-order valence-electron chi connectivity index (χ3n) is 3.83. The van der Waals surface area contributed by atoms with Crippen LogP contribution in [0, 0.1) is 0 Å². The summed E-state index contributed by atoms with van der Waals surface area (Å²) >= 11 is 0. The number of hydrogen-bond donors (Lipinski definition) is 3. The Morgan fingerprint density at radius 1 is 0.880 bits per heavy atom. The van der Waals surface area contributed by atoms with Crippen molar-refractivity contribution in [3.63, 3.8) is 0 Å². The molecule has 2 aromatic carbocycles. The number of benzene rings is 2. The van der Waals surface area contributed by atoms with E-state index in [9.17, 15) is 20.1 Å². The van der Waals surface area contributed by atoms with Crippen molar-refractivity contribution in [3.05, 3.63) is 71.8 Å². The van der Waals surface area contributed by atoms with Crippen molar-refractivity contribution in [1.29, 1.82) is 0 Å². The third-order valence-corrected chi connectivity index (χ3v) is 3.83. The summed E-state index contributed by atoms with van der Waals surface area (Å²) in [6.07, 6.45) is 0. The summed E-state index contributed by atoms with van der Waals surface area (Å²) < 4.78 is 10.6. The van der Waals surface area contributed by atoms with Crippen LogP contribution in [0.15, 0.2) is 60.7 Å². The van der Waals surface area contributed by atoms with Gasteiger partial charge in [0.15, 0.2) is 5.78 Å². The summed E-state index contributed by atoms with van der Waals surface area (Å²) in [4.78, 5) is 12.0. The summed E-state index contributed by atoms with van der Waals surface area (Å²) in [6.45, 7) is -0.238. The summed E-state index contributed by atoms with van der Waals surface area (Å²) in [5.41, 5.74) is 1.38. The summed E-state index contributed by atoms with van der Waals surface area (Å²) in [6, 6.07) is 17.7. The quantitative estimate of drug-likeness (QED) is 0.594. The van der Waals surface area contributed by atoms with Gasteiger partial charge in [-0.1, -0.05) is 60.7 Å². The second-order valence-electron chi connectivity index (χ2n) is 5.69. The van der Waals surface area contributed by atoms with Crippen LogP contribution < -0.4 is 0 Å². The zero-order valence-corrected chi connectivity index (χ0v) is 14.0. The van der Waals surface area contributed by atoms with Gasteiger partial charge < -0.3 is 24.8 Å². The van der Waals surface area contributed by atoms with Gasteiger partial charge in [-0.3, -0.25) is 4.79 Å². The van der Waals surface area contributed by atoms with Crippen LogP contribution in [0.5, 0.6) is 0 Å². The standard InChI is InChI=1S/C19H22O6/c1-15(21)19(23,25-13-17-10-6-3-7-11-17)18(22,14-20)24-12-16-8-4-2-5-9-16/h2-11,20,22-23H,12-14H2,1H3/t18-,19+/m0/s1. The number of hydrogen-bond acceptors (Lipinski definition) is 6. The zero-order chi connectivity index (χ0) is 18.3. The lowest BCUT2D eigenvalue weighted by Crippen LogP contribution is -2.63. The molecule has 0 heterocycles. The van der Waals surface area contributed by atoms with E-state index in [4.69, 9.17) is 9.47 Å². The lowest BCUT2D eigenvalue weighted by Gasteiger charge is -2.39. The molecule has 3 N–H and O–H groups in total. The molecule has 6 heteroatoms. The number of rotatable bonds is 9. The fraction of sp³-hybridized carbons (Fsp3) is 0.316. The van der Waals surface area contributed by atoms with E-state index < -0.39 is 24.0 Å². The molecule has 25 heavy (non-hydrogen) atoms. The number of aliphatic hydroxyl groups is 3. The van der Waals surface area contributed by atoms with E-state index in [-0.39, 0.29) is 13.2 Å². The Morgan fingerprint density at radius 2 is 1.32 bits per heavy atom. The first-order chi connectivity index (χ1) is 11.9. The van der Waals surface area contributed by atoms with Crippen molar-refractivity contribution in [3.8, 4) is 0 Å². The van der Waals surface area contributed by atoms with Gasteiger partial charge in [-0.25, -0.2) is 0 Å². The van der Waals surface area contributed by atoms with Crippen LogP contribution in [0.4, 0.5) is 0 Å². The largest absolute Gasteiger partial charge is 0.391 e. The van der Waals surface area contributed by atoms with Crippen LogP contribution in [-0.2, 0) is 27.5 Å². The first kappa shape index (κ1) is 19.2. The zero-order valence-electron chi connectivity index (χ0n) is 14.0. The van der Waals surface area contributed by atoms with Gasteiger partial charge in [-0.05, 0) is 11.1 Å². The summed E-state index contributed by atoms with van der Waals surface area (Å²) in [7, 11) is 0. The molecule has 0 aliphatic rings. The fourth-order valence-electron chi connectivity index (χ4n) is 2.28. The minimum Gasteiger partial charge on any atom is -0.391 e. The predicted molar refractivity (Wildman–Crippen MR) is 90.1 cm³/mol. The van der Waals surface area contributed by atoms with Gasteiger partial charge in [0.05, 0.1) is 13.2 Å². The maximum absolute atomic E-state index is 12.0. The normalized spacial score (nSPS) is 16.0. The van der Waals surface area contributed by atoms with E-state index >= 15 is 0 Å². The van der Waals surface area contributed by atoms with Crippen LogP contribution in [0.25, 0.3) is 0 Å². The Hall–Kier alpha value is -2.09. The monoisotopic (exact) mass is 346 g/mol. The Bertz CT molecular complexity index is 675. The molecule has 0 unspecified atom stereocenters. The molecule has 0 bridgehead atoms. The number of aliphatic hydroxyl groups excluding tert-OH is 1. The first-order valence-electron chi connectivity index (χ1n) is 7.84. The number of Topliss-reactive ketones (excluding diaryl/α,β-unsaturated/α-hetero) is 1. The van der Waals surface area contributed by atoms with E-state index in [0.29, 0.717) is 11.1 Å². The molecule has 0 radical (unpaired) electrons. The van der Waals surface area contributed by atoms with E-state index in [1.54, 1.807) is 48.5 Å². The molecule has 0 amide bonds. The molecule has 2 atom stereocenters. The van der Waals surface area contributed by atoms with E-state index in [1.165, 1.54) is 0 Å². The smallest absolute Gasteiger partial charge is 0.284 e. The number of carbonyl (C=O) groups is 1. The Morgan fingerprint density at radius 3 is 1.72 bits per heavy atom. The highest BCUT2D eigenvalue weighted by atomic mass is 16.7. The van der Waals surface area contributed by atoms with Gasteiger partial charge in [0, 0.05) is 6.92 Å². The molecular formula is C19H22O6. The lowest BCUT2D eigenvalue weighted by molar-refractivity contribution is -0.380. The molecule has 134 valence electrons. The van der Waals surface area contributed by atoms with Crippen LogP contribution in [0.1, 0.15) is 18.1 Å². The first-order valence-corrected chi connectivity index (χ1v) is 7.84. The van der Waals surface area contributed by atoms with E-state index in [1.807, 2.05) is 12.1 Å². The topological polar surface area (TPSA) is 96.2 Å². The second-order valence-corrected chi connectivity index (χ2v) is 5.69. The summed E-state index contributed by atoms with van der Waals surface area (Å²) in [5.74, 6) is -6.21. The summed E-state index contributed by atoms with van der Waals surface area (Å²) in [5, 5.41) is 30.8. The molecule has 0 fully saturated rings. The van der Waals surface area contributed by atoms with Gasteiger partial charge >= 0.3 is 0 Å². The van der Waals surface area contributed by atoms with Crippen molar-refractivity contribution in [2.75, 3.05) is 6.61 Å². The molecule has 0 saturated carbocycles. The molecule has 0 aliphatic heterocycles. The maximum Gasteiger partial charge on any atom is 0.284 e. The second kappa shape index (κ2) is 8.33. The average Bonchev–Trinajstić information content (AvgIpc) is 2.65. The van der Waals surface area contributed by atoms with Crippen LogP contribution >= 0.6 is 0 Å². The maximum atomic E-state index is 12.0. The van der Waals surface area contributed by atoms with Gasteiger partial charge in [-0.15, -0.1) is 0 Å². The van der Waals surface area contributed by atoms with Gasteiger partial charge in [-0.2, -0.15) is 0 Å². The van der Waals surface area contributed by atoms with Crippen molar-refractivity contribution in [2.24, 2.45) is 0 Å². The average molecular weight is 346 g/mol. The van der Waals surface area contributed by atoms with Crippen molar-refractivity contribution >= 4 is 5.78 Å². The van der Waals surface area contributed by atoms with Crippen LogP contribution in [0.3, 0.4) is 0 Å². The Kier molecular flexibility index (Phi) is 6.41. The van der Waals surface area contributed by atoms with Crippen molar-refractivity contribution in [2.45, 2.75) is 31.7 Å². The van der Waals surface area contributed by atoms with E-state index in [2.05, 4.69) is 0 Å². The third kappa shape index (κ3) is 4.50. The molecule has 0 saturated heterocycles. The fourth-order valence-corrected chi connectivity index (χ4v) is 2.28.